The molecule has 1 unspecified atom stereocenters. The first kappa shape index (κ1) is 17.0. The van der Waals surface area contributed by atoms with Gasteiger partial charge in [-0.3, -0.25) is 0 Å². The average Bonchev–Trinajstić information content (AvgIpc) is 2.36. The molecule has 0 aliphatic heterocycles. The molecule has 0 saturated carbocycles. The Labute approximate surface area is 131 Å². The zero-order valence-electron chi connectivity index (χ0n) is 12.2. The fourth-order valence-electron chi connectivity index (χ4n) is 2.20. The molecule has 0 radical (unpaired) electrons. The summed E-state index contributed by atoms with van der Waals surface area (Å²) in [7, 11) is 0. The molecule has 0 amide bonds. The molecule has 1 aromatic rings. The summed E-state index contributed by atoms with van der Waals surface area (Å²) in [5.74, 6) is 0.773. The van der Waals surface area contributed by atoms with Crippen LogP contribution in [0.3, 0.4) is 0 Å². The second-order valence-electron chi connectivity index (χ2n) is 5.50. The maximum Gasteiger partial charge on any atom is 0.0410 e. The molecule has 0 saturated heterocycles. The highest BCUT2D eigenvalue weighted by atomic mass is 79.9. The lowest BCUT2D eigenvalue weighted by atomic mass is 9.98. The maximum absolute atomic E-state index is 6.13. The summed E-state index contributed by atoms with van der Waals surface area (Å²) >= 11 is 9.78. The Kier molecular flexibility index (Phi) is 8.05. The Bertz CT molecular complexity index is 379. The lowest BCUT2D eigenvalue weighted by Gasteiger charge is -2.21. The van der Waals surface area contributed by atoms with Crippen molar-refractivity contribution in [1.29, 1.82) is 0 Å². The number of nitrogens with one attached hydrogen (secondary N) is 1. The van der Waals surface area contributed by atoms with Gasteiger partial charge in [-0.25, -0.2) is 0 Å². The van der Waals surface area contributed by atoms with Crippen LogP contribution in [0.25, 0.3) is 0 Å². The first-order valence-electron chi connectivity index (χ1n) is 7.23. The zero-order chi connectivity index (χ0) is 14.3. The minimum atomic E-state index is 0.395. The van der Waals surface area contributed by atoms with E-state index in [0.717, 1.165) is 34.8 Å². The highest BCUT2D eigenvalue weighted by Crippen LogP contribution is 2.30. The predicted octanol–water partition coefficient (Wildman–Crippen LogP) is 5.97. The minimum absolute atomic E-state index is 0.395. The Balaban J connectivity index is 2.73. The number of halogens is 2. The van der Waals surface area contributed by atoms with Crippen molar-refractivity contribution in [2.75, 3.05) is 6.54 Å². The van der Waals surface area contributed by atoms with Gasteiger partial charge in [0.1, 0.15) is 0 Å². The van der Waals surface area contributed by atoms with Crippen molar-refractivity contribution in [3.05, 3.63) is 33.3 Å². The number of benzene rings is 1. The Morgan fingerprint density at radius 1 is 1.26 bits per heavy atom. The van der Waals surface area contributed by atoms with Crippen molar-refractivity contribution in [3.8, 4) is 0 Å². The average molecular weight is 347 g/mol. The van der Waals surface area contributed by atoms with Crippen LogP contribution < -0.4 is 5.32 Å². The first-order chi connectivity index (χ1) is 9.04. The van der Waals surface area contributed by atoms with Gasteiger partial charge in [-0.15, -0.1) is 0 Å². The van der Waals surface area contributed by atoms with Crippen LogP contribution in [0.15, 0.2) is 22.7 Å². The van der Waals surface area contributed by atoms with Gasteiger partial charge in [-0.05, 0) is 49.1 Å². The molecule has 1 N–H and O–H groups in total. The highest BCUT2D eigenvalue weighted by molar-refractivity contribution is 9.10. The molecule has 0 fully saturated rings. The SMILES string of the molecule is CCCNC(CCCC(C)C)c1cc(Cl)ccc1Br. The summed E-state index contributed by atoms with van der Waals surface area (Å²) < 4.78 is 1.15. The van der Waals surface area contributed by atoms with Gasteiger partial charge >= 0.3 is 0 Å². The van der Waals surface area contributed by atoms with Crippen molar-refractivity contribution in [3.63, 3.8) is 0 Å². The third kappa shape index (κ3) is 6.29. The molecule has 19 heavy (non-hydrogen) atoms. The van der Waals surface area contributed by atoms with E-state index in [4.69, 9.17) is 11.6 Å². The molecule has 0 heterocycles. The summed E-state index contributed by atoms with van der Waals surface area (Å²) in [6.45, 7) is 7.81. The van der Waals surface area contributed by atoms with Crippen LogP contribution in [-0.2, 0) is 0 Å². The van der Waals surface area contributed by atoms with Crippen LogP contribution in [0.4, 0.5) is 0 Å². The molecule has 0 aliphatic carbocycles. The van der Waals surface area contributed by atoms with Gasteiger partial charge in [0.25, 0.3) is 0 Å². The van der Waals surface area contributed by atoms with Gasteiger partial charge in [-0.2, -0.15) is 0 Å². The number of rotatable bonds is 8. The van der Waals surface area contributed by atoms with Crippen LogP contribution in [0.1, 0.15) is 58.1 Å². The van der Waals surface area contributed by atoms with E-state index in [-0.39, 0.29) is 0 Å². The van der Waals surface area contributed by atoms with E-state index in [1.807, 2.05) is 12.1 Å². The fourth-order valence-corrected chi connectivity index (χ4v) is 2.90. The standard InChI is InChI=1S/C16H25BrClN/c1-4-10-19-16(7-5-6-12(2)3)14-11-13(18)8-9-15(14)17/h8-9,11-12,16,19H,4-7,10H2,1-3H3. The second-order valence-corrected chi connectivity index (χ2v) is 6.79. The van der Waals surface area contributed by atoms with Crippen molar-refractivity contribution in [1.82, 2.24) is 5.32 Å². The Morgan fingerprint density at radius 2 is 2.00 bits per heavy atom. The van der Waals surface area contributed by atoms with E-state index in [0.29, 0.717) is 6.04 Å². The smallest absolute Gasteiger partial charge is 0.0410 e. The summed E-state index contributed by atoms with van der Waals surface area (Å²) in [5.41, 5.74) is 1.28. The van der Waals surface area contributed by atoms with E-state index in [1.54, 1.807) is 0 Å². The van der Waals surface area contributed by atoms with Crippen molar-refractivity contribution >= 4 is 27.5 Å². The predicted molar refractivity (Wildman–Crippen MR) is 88.9 cm³/mol. The van der Waals surface area contributed by atoms with Crippen LogP contribution in [-0.4, -0.2) is 6.54 Å². The molecule has 0 aliphatic rings. The molecule has 0 bridgehead atoms. The Hall–Kier alpha value is -0.0500. The summed E-state index contributed by atoms with van der Waals surface area (Å²) in [6.07, 6.45) is 4.84. The largest absolute Gasteiger partial charge is 0.310 e. The topological polar surface area (TPSA) is 12.0 Å². The monoisotopic (exact) mass is 345 g/mol. The molecular formula is C16H25BrClN. The molecule has 108 valence electrons. The van der Waals surface area contributed by atoms with Gasteiger partial charge in [0.2, 0.25) is 0 Å². The zero-order valence-corrected chi connectivity index (χ0v) is 14.5. The molecule has 1 aromatic carbocycles. The number of hydrogen-bond acceptors (Lipinski definition) is 1. The van der Waals surface area contributed by atoms with Crippen molar-refractivity contribution in [2.45, 2.75) is 52.5 Å². The molecule has 3 heteroatoms. The molecular weight excluding hydrogens is 322 g/mol. The van der Waals surface area contributed by atoms with Crippen molar-refractivity contribution < 1.29 is 0 Å². The van der Waals surface area contributed by atoms with E-state index in [9.17, 15) is 0 Å². The molecule has 1 nitrogen and oxygen atoms in total. The van der Waals surface area contributed by atoms with E-state index >= 15 is 0 Å². The van der Waals surface area contributed by atoms with E-state index < -0.39 is 0 Å². The van der Waals surface area contributed by atoms with Crippen molar-refractivity contribution in [2.24, 2.45) is 5.92 Å². The van der Waals surface area contributed by atoms with Crippen LogP contribution in [0.2, 0.25) is 5.02 Å². The van der Waals surface area contributed by atoms with Gasteiger partial charge in [0, 0.05) is 15.5 Å². The van der Waals surface area contributed by atoms with E-state index in [1.165, 1.54) is 18.4 Å². The highest BCUT2D eigenvalue weighted by Gasteiger charge is 2.14. The van der Waals surface area contributed by atoms with Gasteiger partial charge < -0.3 is 5.32 Å². The molecule has 1 atom stereocenters. The normalized spacial score (nSPS) is 12.9. The Morgan fingerprint density at radius 3 is 2.63 bits per heavy atom. The van der Waals surface area contributed by atoms with Gasteiger partial charge in [-0.1, -0.05) is 61.1 Å². The maximum atomic E-state index is 6.13. The first-order valence-corrected chi connectivity index (χ1v) is 8.40. The van der Waals surface area contributed by atoms with Crippen LogP contribution in [0.5, 0.6) is 0 Å². The lowest BCUT2D eigenvalue weighted by molar-refractivity contribution is 0.447. The minimum Gasteiger partial charge on any atom is -0.310 e. The lowest BCUT2D eigenvalue weighted by Crippen LogP contribution is -2.22. The number of hydrogen-bond donors (Lipinski definition) is 1. The summed E-state index contributed by atoms with van der Waals surface area (Å²) in [5, 5.41) is 4.45. The summed E-state index contributed by atoms with van der Waals surface area (Å²) in [4.78, 5) is 0. The second kappa shape index (κ2) is 8.99. The third-order valence-electron chi connectivity index (χ3n) is 3.25. The fraction of sp³-hybridized carbons (Fsp3) is 0.625. The van der Waals surface area contributed by atoms with Gasteiger partial charge in [0.15, 0.2) is 0 Å². The third-order valence-corrected chi connectivity index (χ3v) is 4.21. The van der Waals surface area contributed by atoms with Crippen LogP contribution in [0, 0.1) is 5.92 Å². The molecule has 0 spiro atoms. The molecule has 0 aromatic heterocycles. The van der Waals surface area contributed by atoms with E-state index in [2.05, 4.69) is 48.1 Å². The molecule has 1 rings (SSSR count). The van der Waals surface area contributed by atoms with Gasteiger partial charge in [0.05, 0.1) is 0 Å². The van der Waals surface area contributed by atoms with Crippen LogP contribution >= 0.6 is 27.5 Å². The quantitative estimate of drug-likeness (QED) is 0.611. The summed E-state index contributed by atoms with van der Waals surface area (Å²) in [6, 6.07) is 6.45.